The molecule has 0 aliphatic rings. The summed E-state index contributed by atoms with van der Waals surface area (Å²) >= 11 is 0. The van der Waals surface area contributed by atoms with Gasteiger partial charge in [-0.25, -0.2) is 9.48 Å². The molecule has 2 heterocycles. The summed E-state index contributed by atoms with van der Waals surface area (Å²) in [5.74, 6) is 0.160. The highest BCUT2D eigenvalue weighted by Gasteiger charge is 2.08. The lowest BCUT2D eigenvalue weighted by molar-refractivity contribution is 0.262. The number of carbonyl (C=O) groups is 1. The Kier molecular flexibility index (Phi) is 3.88. The van der Waals surface area contributed by atoms with Crippen molar-refractivity contribution in [2.45, 2.75) is 0 Å². The summed E-state index contributed by atoms with van der Waals surface area (Å²) in [6.45, 7) is 0. The summed E-state index contributed by atoms with van der Waals surface area (Å²) < 4.78 is 2.91. The Hall–Kier alpha value is -3.42. The number of nitrogens with one attached hydrogen (secondary N) is 2. The number of rotatable bonds is 3. The lowest BCUT2D eigenvalue weighted by atomic mass is 10.3. The van der Waals surface area contributed by atoms with Crippen molar-refractivity contribution in [1.82, 2.24) is 19.3 Å². The Morgan fingerprint density at radius 3 is 2.61 bits per heavy atom. The van der Waals surface area contributed by atoms with Gasteiger partial charge >= 0.3 is 6.03 Å². The number of carbonyl (C=O) groups excluding carboxylic acids is 1. The Labute approximate surface area is 131 Å². The van der Waals surface area contributed by atoms with Crippen LogP contribution in [0.5, 0.6) is 0 Å². The van der Waals surface area contributed by atoms with Crippen LogP contribution in [0.1, 0.15) is 0 Å². The van der Waals surface area contributed by atoms with Crippen LogP contribution in [-0.4, -0.2) is 25.4 Å². The van der Waals surface area contributed by atoms with Crippen LogP contribution in [0.25, 0.3) is 5.69 Å². The van der Waals surface area contributed by atoms with Crippen molar-refractivity contribution >= 4 is 17.7 Å². The fourth-order valence-electron chi connectivity index (χ4n) is 1.94. The van der Waals surface area contributed by atoms with Gasteiger partial charge in [0.05, 0.1) is 5.69 Å². The molecular formula is C15H14N6O2. The van der Waals surface area contributed by atoms with Crippen LogP contribution in [0.15, 0.2) is 59.8 Å². The predicted octanol–water partition coefficient (Wildman–Crippen LogP) is 1.61. The SMILES string of the molecule is Cn1cc(-n2cnc(NC(=O)Nc3ccccc3)n2)ccc1=O. The van der Waals surface area contributed by atoms with Crippen molar-refractivity contribution in [3.8, 4) is 5.69 Å². The molecule has 0 fully saturated rings. The lowest BCUT2D eigenvalue weighted by Gasteiger charge is -2.04. The largest absolute Gasteiger partial charge is 0.326 e. The highest BCUT2D eigenvalue weighted by molar-refractivity contribution is 5.98. The van der Waals surface area contributed by atoms with Gasteiger partial charge in [0, 0.05) is 25.0 Å². The number of aromatic nitrogens is 4. The predicted molar refractivity (Wildman–Crippen MR) is 85.7 cm³/mol. The minimum absolute atomic E-state index is 0.116. The van der Waals surface area contributed by atoms with Gasteiger partial charge in [0.25, 0.3) is 5.95 Å². The zero-order chi connectivity index (χ0) is 16.2. The molecule has 3 rings (SSSR count). The van der Waals surface area contributed by atoms with Gasteiger partial charge in [0.1, 0.15) is 6.33 Å². The first-order valence-corrected chi connectivity index (χ1v) is 6.83. The van der Waals surface area contributed by atoms with Gasteiger partial charge in [-0.1, -0.05) is 18.2 Å². The standard InChI is InChI=1S/C15H14N6O2/c1-20-9-12(7-8-13(20)22)21-10-16-14(19-21)18-15(23)17-11-5-3-2-4-6-11/h2-10H,1H3,(H2,17,18,19,23). The molecule has 0 aliphatic heterocycles. The second-order valence-electron chi connectivity index (χ2n) is 4.79. The first kappa shape index (κ1) is 14.5. The third-order valence-corrected chi connectivity index (χ3v) is 3.08. The zero-order valence-electron chi connectivity index (χ0n) is 12.3. The number of hydrogen-bond acceptors (Lipinski definition) is 4. The molecule has 2 aromatic heterocycles. The van der Waals surface area contributed by atoms with Crippen LogP contribution < -0.4 is 16.2 Å². The van der Waals surface area contributed by atoms with E-state index in [0.29, 0.717) is 11.4 Å². The molecule has 8 heteroatoms. The fourth-order valence-corrected chi connectivity index (χ4v) is 1.94. The maximum absolute atomic E-state index is 11.9. The number of aryl methyl sites for hydroxylation is 1. The van der Waals surface area contributed by atoms with Crippen molar-refractivity contribution < 1.29 is 4.79 Å². The molecule has 1 aromatic carbocycles. The number of urea groups is 1. The molecule has 0 unspecified atom stereocenters. The van der Waals surface area contributed by atoms with E-state index in [1.807, 2.05) is 18.2 Å². The van der Waals surface area contributed by atoms with E-state index < -0.39 is 6.03 Å². The van der Waals surface area contributed by atoms with Crippen molar-refractivity contribution in [2.75, 3.05) is 10.6 Å². The van der Waals surface area contributed by atoms with Crippen molar-refractivity contribution in [1.29, 1.82) is 0 Å². The molecule has 0 saturated heterocycles. The normalized spacial score (nSPS) is 10.3. The monoisotopic (exact) mass is 310 g/mol. The molecular weight excluding hydrogens is 296 g/mol. The maximum atomic E-state index is 11.9. The minimum atomic E-state index is -0.436. The number of benzene rings is 1. The van der Waals surface area contributed by atoms with Gasteiger partial charge in [-0.15, -0.1) is 5.10 Å². The van der Waals surface area contributed by atoms with Gasteiger partial charge < -0.3 is 9.88 Å². The zero-order valence-corrected chi connectivity index (χ0v) is 12.3. The van der Waals surface area contributed by atoms with Crippen LogP contribution in [-0.2, 0) is 7.05 Å². The molecule has 23 heavy (non-hydrogen) atoms. The molecule has 0 radical (unpaired) electrons. The van der Waals surface area contributed by atoms with Gasteiger partial charge in [-0.3, -0.25) is 10.1 Å². The summed E-state index contributed by atoms with van der Waals surface area (Å²) in [4.78, 5) is 27.3. The molecule has 0 saturated carbocycles. The van der Waals surface area contributed by atoms with Crippen molar-refractivity contribution in [3.05, 3.63) is 65.3 Å². The average Bonchev–Trinajstić information content (AvgIpc) is 2.99. The topological polar surface area (TPSA) is 93.8 Å². The molecule has 8 nitrogen and oxygen atoms in total. The molecule has 3 aromatic rings. The van der Waals surface area contributed by atoms with Crippen LogP contribution in [0, 0.1) is 0 Å². The van der Waals surface area contributed by atoms with E-state index in [4.69, 9.17) is 0 Å². The highest BCUT2D eigenvalue weighted by Crippen LogP contribution is 2.08. The highest BCUT2D eigenvalue weighted by atomic mass is 16.2. The van der Waals surface area contributed by atoms with Crippen LogP contribution in [0.2, 0.25) is 0 Å². The minimum Gasteiger partial charge on any atom is -0.316 e. The number of nitrogens with zero attached hydrogens (tertiary/aromatic N) is 4. The van der Waals surface area contributed by atoms with Crippen molar-refractivity contribution in [3.63, 3.8) is 0 Å². The first-order chi connectivity index (χ1) is 11.1. The maximum Gasteiger partial charge on any atom is 0.326 e. The Balaban J connectivity index is 1.70. The second kappa shape index (κ2) is 6.14. The van der Waals surface area contributed by atoms with E-state index in [9.17, 15) is 9.59 Å². The van der Waals surface area contributed by atoms with Crippen LogP contribution in [0.3, 0.4) is 0 Å². The molecule has 0 bridgehead atoms. The average molecular weight is 310 g/mol. The van der Waals surface area contributed by atoms with Crippen LogP contribution in [0.4, 0.5) is 16.4 Å². The lowest BCUT2D eigenvalue weighted by Crippen LogP contribution is -2.20. The quantitative estimate of drug-likeness (QED) is 0.768. The Morgan fingerprint density at radius 2 is 1.87 bits per heavy atom. The molecule has 2 amide bonds. The Bertz CT molecular complexity index is 884. The molecule has 0 spiro atoms. The Morgan fingerprint density at radius 1 is 1.09 bits per heavy atom. The summed E-state index contributed by atoms with van der Waals surface area (Å²) in [6, 6.07) is 11.7. The summed E-state index contributed by atoms with van der Waals surface area (Å²) in [5, 5.41) is 9.37. The third-order valence-electron chi connectivity index (χ3n) is 3.08. The van der Waals surface area contributed by atoms with E-state index in [0.717, 1.165) is 0 Å². The number of para-hydroxylation sites is 1. The summed E-state index contributed by atoms with van der Waals surface area (Å²) in [5.41, 5.74) is 1.22. The molecule has 116 valence electrons. The van der Waals surface area contributed by atoms with Gasteiger partial charge in [0.2, 0.25) is 5.56 Å². The van der Waals surface area contributed by atoms with E-state index in [1.165, 1.54) is 21.6 Å². The number of anilines is 2. The van der Waals surface area contributed by atoms with E-state index >= 15 is 0 Å². The van der Waals surface area contributed by atoms with E-state index in [-0.39, 0.29) is 11.5 Å². The van der Waals surface area contributed by atoms with Gasteiger partial charge in [0.15, 0.2) is 0 Å². The second-order valence-corrected chi connectivity index (χ2v) is 4.79. The van der Waals surface area contributed by atoms with Crippen LogP contribution >= 0.6 is 0 Å². The van der Waals surface area contributed by atoms with Gasteiger partial charge in [-0.2, -0.15) is 4.98 Å². The third kappa shape index (κ3) is 3.43. The van der Waals surface area contributed by atoms with Gasteiger partial charge in [-0.05, 0) is 18.2 Å². The molecule has 0 atom stereocenters. The molecule has 2 N–H and O–H groups in total. The summed E-state index contributed by atoms with van der Waals surface area (Å²) in [6.07, 6.45) is 3.09. The smallest absolute Gasteiger partial charge is 0.316 e. The summed E-state index contributed by atoms with van der Waals surface area (Å²) in [7, 11) is 1.65. The first-order valence-electron chi connectivity index (χ1n) is 6.83. The number of pyridine rings is 1. The fraction of sp³-hybridized carbons (Fsp3) is 0.0667. The van der Waals surface area contributed by atoms with E-state index in [1.54, 1.807) is 31.4 Å². The molecule has 0 aliphatic carbocycles. The van der Waals surface area contributed by atoms with Crippen molar-refractivity contribution in [2.24, 2.45) is 7.05 Å². The number of amides is 2. The number of hydrogen-bond donors (Lipinski definition) is 2. The van der Waals surface area contributed by atoms with E-state index in [2.05, 4.69) is 20.7 Å².